The first kappa shape index (κ1) is 22.4. The van der Waals surface area contributed by atoms with Gasteiger partial charge < -0.3 is 19.9 Å². The van der Waals surface area contributed by atoms with Gasteiger partial charge in [-0.3, -0.25) is 9.59 Å². The van der Waals surface area contributed by atoms with Gasteiger partial charge in [0.05, 0.1) is 19.4 Å². The van der Waals surface area contributed by atoms with Crippen LogP contribution >= 0.6 is 11.8 Å². The summed E-state index contributed by atoms with van der Waals surface area (Å²) in [7, 11) is 3.38. The SMILES string of the molecule is COc1ccc(C(=O)NCc2nnc(SCC(=O)Nc3ccc(C)cc3C)n2C)cc1. The molecule has 3 rings (SSSR count). The van der Waals surface area contributed by atoms with E-state index in [0.29, 0.717) is 22.3 Å². The molecule has 162 valence electrons. The van der Waals surface area contributed by atoms with E-state index in [1.165, 1.54) is 11.8 Å². The fraction of sp³-hybridized carbons (Fsp3) is 0.273. The van der Waals surface area contributed by atoms with Crippen LogP contribution in [0.15, 0.2) is 47.6 Å². The van der Waals surface area contributed by atoms with Crippen molar-refractivity contribution >= 4 is 29.3 Å². The molecule has 0 atom stereocenters. The normalized spacial score (nSPS) is 10.6. The molecule has 3 aromatic rings. The second kappa shape index (κ2) is 10.1. The van der Waals surface area contributed by atoms with E-state index in [-0.39, 0.29) is 24.1 Å². The summed E-state index contributed by atoms with van der Waals surface area (Å²) >= 11 is 1.29. The molecule has 0 spiro atoms. The molecule has 0 unspecified atom stereocenters. The molecular weight excluding hydrogens is 414 g/mol. The molecule has 0 radical (unpaired) electrons. The summed E-state index contributed by atoms with van der Waals surface area (Å²) in [4.78, 5) is 24.6. The first-order valence-electron chi connectivity index (χ1n) is 9.68. The Balaban J connectivity index is 1.52. The Labute approximate surface area is 185 Å². The van der Waals surface area contributed by atoms with E-state index >= 15 is 0 Å². The fourth-order valence-electron chi connectivity index (χ4n) is 2.90. The summed E-state index contributed by atoms with van der Waals surface area (Å²) in [6.07, 6.45) is 0. The van der Waals surface area contributed by atoms with Crippen LogP contribution in [-0.2, 0) is 18.4 Å². The number of aryl methyl sites for hydroxylation is 2. The molecular formula is C22H25N5O3S. The molecule has 0 saturated heterocycles. The van der Waals surface area contributed by atoms with Gasteiger partial charge in [-0.05, 0) is 49.7 Å². The lowest BCUT2D eigenvalue weighted by Gasteiger charge is -2.09. The van der Waals surface area contributed by atoms with Crippen molar-refractivity contribution in [2.45, 2.75) is 25.5 Å². The van der Waals surface area contributed by atoms with Crippen molar-refractivity contribution in [3.8, 4) is 5.75 Å². The van der Waals surface area contributed by atoms with Crippen molar-refractivity contribution in [3.63, 3.8) is 0 Å². The van der Waals surface area contributed by atoms with Gasteiger partial charge in [0.25, 0.3) is 5.91 Å². The third-order valence-corrected chi connectivity index (χ3v) is 5.69. The minimum Gasteiger partial charge on any atom is -0.497 e. The highest BCUT2D eigenvalue weighted by atomic mass is 32.2. The molecule has 0 aliphatic carbocycles. The van der Waals surface area contributed by atoms with Crippen LogP contribution in [0.4, 0.5) is 5.69 Å². The largest absolute Gasteiger partial charge is 0.497 e. The molecule has 2 aromatic carbocycles. The zero-order valence-corrected chi connectivity index (χ0v) is 18.7. The molecule has 0 bridgehead atoms. The van der Waals surface area contributed by atoms with Gasteiger partial charge in [0.15, 0.2) is 11.0 Å². The Kier molecular flexibility index (Phi) is 7.30. The summed E-state index contributed by atoms with van der Waals surface area (Å²) < 4.78 is 6.86. The van der Waals surface area contributed by atoms with E-state index in [4.69, 9.17) is 4.74 Å². The quantitative estimate of drug-likeness (QED) is 0.524. The van der Waals surface area contributed by atoms with Gasteiger partial charge in [0.1, 0.15) is 5.75 Å². The maximum atomic E-state index is 12.3. The van der Waals surface area contributed by atoms with E-state index in [0.717, 1.165) is 16.8 Å². The molecule has 2 amide bonds. The van der Waals surface area contributed by atoms with Crippen LogP contribution in [0.25, 0.3) is 0 Å². The second-order valence-electron chi connectivity index (χ2n) is 7.02. The standard InChI is InChI=1S/C22H25N5O3S/c1-14-5-10-18(15(2)11-14)24-20(28)13-31-22-26-25-19(27(22)3)12-23-21(29)16-6-8-17(30-4)9-7-16/h5-11H,12-13H2,1-4H3,(H,23,29)(H,24,28). The zero-order chi connectivity index (χ0) is 22.4. The van der Waals surface area contributed by atoms with Gasteiger partial charge in [-0.1, -0.05) is 29.5 Å². The lowest BCUT2D eigenvalue weighted by Crippen LogP contribution is -2.24. The molecule has 0 fully saturated rings. The maximum absolute atomic E-state index is 12.3. The molecule has 31 heavy (non-hydrogen) atoms. The van der Waals surface area contributed by atoms with Crippen molar-refractivity contribution in [1.29, 1.82) is 0 Å². The lowest BCUT2D eigenvalue weighted by molar-refractivity contribution is -0.113. The molecule has 0 aliphatic rings. The van der Waals surface area contributed by atoms with Crippen molar-refractivity contribution in [1.82, 2.24) is 20.1 Å². The van der Waals surface area contributed by atoms with Crippen LogP contribution < -0.4 is 15.4 Å². The number of thioether (sulfide) groups is 1. The van der Waals surface area contributed by atoms with Crippen molar-refractivity contribution < 1.29 is 14.3 Å². The third-order valence-electron chi connectivity index (χ3n) is 4.67. The fourth-order valence-corrected chi connectivity index (χ4v) is 3.63. The first-order valence-corrected chi connectivity index (χ1v) is 10.7. The van der Waals surface area contributed by atoms with E-state index in [1.54, 1.807) is 43.0 Å². The minimum atomic E-state index is -0.215. The van der Waals surface area contributed by atoms with E-state index in [9.17, 15) is 9.59 Å². The first-order chi connectivity index (χ1) is 14.9. The number of carbonyl (C=O) groups excluding carboxylic acids is 2. The number of aromatic nitrogens is 3. The maximum Gasteiger partial charge on any atom is 0.251 e. The molecule has 9 heteroatoms. The van der Waals surface area contributed by atoms with Crippen molar-refractivity contribution in [2.24, 2.45) is 7.05 Å². The average molecular weight is 440 g/mol. The number of hydrogen-bond donors (Lipinski definition) is 2. The number of nitrogens with one attached hydrogen (secondary N) is 2. The van der Waals surface area contributed by atoms with Gasteiger partial charge in [0.2, 0.25) is 5.91 Å². The summed E-state index contributed by atoms with van der Waals surface area (Å²) in [5.41, 5.74) is 3.50. The number of benzene rings is 2. The highest BCUT2D eigenvalue weighted by Crippen LogP contribution is 2.19. The topological polar surface area (TPSA) is 98.1 Å². The second-order valence-corrected chi connectivity index (χ2v) is 7.97. The molecule has 0 saturated carbocycles. The van der Waals surface area contributed by atoms with Crippen molar-refractivity contribution in [2.75, 3.05) is 18.2 Å². The van der Waals surface area contributed by atoms with Gasteiger partial charge >= 0.3 is 0 Å². The number of rotatable bonds is 8. The number of anilines is 1. The molecule has 8 nitrogen and oxygen atoms in total. The number of ether oxygens (including phenoxy) is 1. The predicted octanol–water partition coefficient (Wildman–Crippen LogP) is 3.10. The zero-order valence-electron chi connectivity index (χ0n) is 17.9. The predicted molar refractivity (Wildman–Crippen MR) is 120 cm³/mol. The van der Waals surface area contributed by atoms with E-state index < -0.39 is 0 Å². The highest BCUT2D eigenvalue weighted by molar-refractivity contribution is 7.99. The lowest BCUT2D eigenvalue weighted by atomic mass is 10.1. The average Bonchev–Trinajstić information content (AvgIpc) is 3.12. The van der Waals surface area contributed by atoms with Gasteiger partial charge in [-0.2, -0.15) is 0 Å². The summed E-state index contributed by atoms with van der Waals surface area (Å²) in [5, 5.41) is 14.6. The van der Waals surface area contributed by atoms with Crippen LogP contribution in [-0.4, -0.2) is 39.4 Å². The van der Waals surface area contributed by atoms with E-state index in [2.05, 4.69) is 20.8 Å². The van der Waals surface area contributed by atoms with Gasteiger partial charge in [-0.25, -0.2) is 0 Å². The number of carbonyl (C=O) groups is 2. The number of hydrogen-bond acceptors (Lipinski definition) is 6. The van der Waals surface area contributed by atoms with Crippen LogP contribution in [0.1, 0.15) is 27.3 Å². The van der Waals surface area contributed by atoms with Crippen molar-refractivity contribution in [3.05, 3.63) is 65.0 Å². The van der Waals surface area contributed by atoms with Crippen LogP contribution in [0.5, 0.6) is 5.75 Å². The molecule has 0 aliphatic heterocycles. The molecule has 1 heterocycles. The van der Waals surface area contributed by atoms with Crippen LogP contribution in [0.3, 0.4) is 0 Å². The Bertz CT molecular complexity index is 1080. The Morgan fingerprint density at radius 2 is 1.84 bits per heavy atom. The van der Waals surface area contributed by atoms with Gasteiger partial charge in [0, 0.05) is 18.3 Å². The summed E-state index contributed by atoms with van der Waals surface area (Å²) in [6.45, 7) is 4.20. The summed E-state index contributed by atoms with van der Waals surface area (Å²) in [6, 6.07) is 12.7. The monoisotopic (exact) mass is 439 g/mol. The minimum absolute atomic E-state index is 0.116. The highest BCUT2D eigenvalue weighted by Gasteiger charge is 2.13. The van der Waals surface area contributed by atoms with Gasteiger partial charge in [-0.15, -0.1) is 10.2 Å². The number of methoxy groups -OCH3 is 1. The molecule has 2 N–H and O–H groups in total. The van der Waals surface area contributed by atoms with Crippen LogP contribution in [0, 0.1) is 13.8 Å². The Hall–Kier alpha value is -3.33. The molecule has 1 aromatic heterocycles. The number of nitrogens with zero attached hydrogens (tertiary/aromatic N) is 3. The Morgan fingerprint density at radius 3 is 2.52 bits per heavy atom. The Morgan fingerprint density at radius 1 is 1.10 bits per heavy atom. The third kappa shape index (κ3) is 5.85. The summed E-state index contributed by atoms with van der Waals surface area (Å²) in [5.74, 6) is 1.16. The smallest absolute Gasteiger partial charge is 0.251 e. The van der Waals surface area contributed by atoms with E-state index in [1.807, 2.05) is 32.0 Å². The van der Waals surface area contributed by atoms with Crippen LogP contribution in [0.2, 0.25) is 0 Å². The number of amides is 2.